The number of amides is 3. The first-order chi connectivity index (χ1) is 12.1. The van der Waals surface area contributed by atoms with Crippen LogP contribution in [0.15, 0.2) is 24.3 Å². The molecule has 3 N–H and O–H groups in total. The van der Waals surface area contributed by atoms with Gasteiger partial charge in [-0.1, -0.05) is 19.9 Å². The zero-order valence-corrected chi connectivity index (χ0v) is 14.7. The summed E-state index contributed by atoms with van der Waals surface area (Å²) in [6, 6.07) is 3.67. The fourth-order valence-electron chi connectivity index (χ4n) is 2.93. The van der Waals surface area contributed by atoms with Gasteiger partial charge in [-0.2, -0.15) is 13.2 Å². The lowest BCUT2D eigenvalue weighted by Crippen LogP contribution is -2.57. The van der Waals surface area contributed by atoms with E-state index in [2.05, 4.69) is 5.32 Å². The van der Waals surface area contributed by atoms with Crippen LogP contribution in [-0.4, -0.2) is 49.1 Å². The molecule has 0 aliphatic carbocycles. The van der Waals surface area contributed by atoms with E-state index in [0.29, 0.717) is 31.9 Å². The number of carbonyl (C=O) groups is 2. The van der Waals surface area contributed by atoms with Crippen LogP contribution in [0.5, 0.6) is 0 Å². The number of nitrogens with two attached hydrogens (primary N) is 1. The van der Waals surface area contributed by atoms with Gasteiger partial charge in [0.2, 0.25) is 5.91 Å². The first-order valence-electron chi connectivity index (χ1n) is 8.36. The molecule has 0 unspecified atom stereocenters. The molecule has 1 saturated heterocycles. The Balaban J connectivity index is 2.02. The number of benzene rings is 1. The molecule has 1 aliphatic rings. The predicted molar refractivity (Wildman–Crippen MR) is 91.6 cm³/mol. The number of carbonyl (C=O) groups excluding carboxylic acids is 2. The molecule has 1 aromatic carbocycles. The summed E-state index contributed by atoms with van der Waals surface area (Å²) in [5.41, 5.74) is 4.90. The maximum Gasteiger partial charge on any atom is 0.416 e. The normalized spacial score (nSPS) is 16.5. The highest BCUT2D eigenvalue weighted by Crippen LogP contribution is 2.31. The van der Waals surface area contributed by atoms with E-state index < -0.39 is 23.8 Å². The van der Waals surface area contributed by atoms with E-state index in [1.54, 1.807) is 24.8 Å². The molecule has 3 amide bonds. The smallest absolute Gasteiger partial charge is 0.368 e. The summed E-state index contributed by atoms with van der Waals surface area (Å²) in [6.45, 7) is 5.15. The van der Waals surface area contributed by atoms with Gasteiger partial charge < -0.3 is 20.9 Å². The largest absolute Gasteiger partial charge is 0.416 e. The molecule has 1 aliphatic heterocycles. The Morgan fingerprint density at radius 2 is 1.77 bits per heavy atom. The number of nitrogens with one attached hydrogen (secondary N) is 1. The Morgan fingerprint density at radius 1 is 1.15 bits per heavy atom. The Morgan fingerprint density at radius 3 is 2.27 bits per heavy atom. The van der Waals surface area contributed by atoms with Gasteiger partial charge in [-0.15, -0.1) is 0 Å². The van der Waals surface area contributed by atoms with Crippen molar-refractivity contribution >= 4 is 17.6 Å². The predicted octanol–water partition coefficient (Wildman–Crippen LogP) is 2.05. The molecule has 1 aromatic rings. The van der Waals surface area contributed by atoms with Crippen molar-refractivity contribution in [1.82, 2.24) is 10.2 Å². The Labute approximate surface area is 150 Å². The summed E-state index contributed by atoms with van der Waals surface area (Å²) in [4.78, 5) is 27.1. The van der Waals surface area contributed by atoms with E-state index in [1.165, 1.54) is 6.07 Å². The van der Waals surface area contributed by atoms with Crippen molar-refractivity contribution < 1.29 is 22.8 Å². The molecular weight excluding hydrogens is 349 g/mol. The third-order valence-electron chi connectivity index (χ3n) is 4.36. The van der Waals surface area contributed by atoms with Crippen LogP contribution < -0.4 is 16.0 Å². The van der Waals surface area contributed by atoms with Crippen molar-refractivity contribution in [3.8, 4) is 0 Å². The molecule has 0 radical (unpaired) electrons. The highest BCUT2D eigenvalue weighted by Gasteiger charge is 2.32. The SMILES string of the molecule is CC(C)[C@H](NC(N)=O)C(=O)N1CCN(c2cccc(C(F)(F)F)c2)CC1. The van der Waals surface area contributed by atoms with Crippen LogP contribution in [0.1, 0.15) is 19.4 Å². The van der Waals surface area contributed by atoms with E-state index in [9.17, 15) is 22.8 Å². The molecule has 1 heterocycles. The van der Waals surface area contributed by atoms with Crippen LogP contribution in [-0.2, 0) is 11.0 Å². The molecular formula is C17H23F3N4O2. The molecule has 144 valence electrons. The molecule has 2 rings (SSSR count). The minimum absolute atomic E-state index is 0.128. The van der Waals surface area contributed by atoms with Crippen molar-refractivity contribution in [1.29, 1.82) is 0 Å². The average molecular weight is 372 g/mol. The fraction of sp³-hybridized carbons (Fsp3) is 0.529. The molecule has 9 heteroatoms. The number of primary amides is 1. The first-order valence-corrected chi connectivity index (χ1v) is 8.36. The lowest BCUT2D eigenvalue weighted by Gasteiger charge is -2.38. The molecule has 0 spiro atoms. The van der Waals surface area contributed by atoms with Gasteiger partial charge in [-0.25, -0.2) is 4.79 Å². The molecule has 6 nitrogen and oxygen atoms in total. The van der Waals surface area contributed by atoms with Crippen LogP contribution >= 0.6 is 0 Å². The quantitative estimate of drug-likeness (QED) is 0.849. The highest BCUT2D eigenvalue weighted by atomic mass is 19.4. The lowest BCUT2D eigenvalue weighted by molar-refractivity contribution is -0.137. The van der Waals surface area contributed by atoms with Gasteiger partial charge in [0.1, 0.15) is 6.04 Å². The van der Waals surface area contributed by atoms with Crippen LogP contribution in [0.3, 0.4) is 0 Å². The minimum Gasteiger partial charge on any atom is -0.368 e. The second kappa shape index (κ2) is 7.84. The number of hydrogen-bond donors (Lipinski definition) is 2. The highest BCUT2D eigenvalue weighted by molar-refractivity contribution is 5.87. The van der Waals surface area contributed by atoms with Crippen molar-refractivity contribution in [3.63, 3.8) is 0 Å². The molecule has 0 aromatic heterocycles. The van der Waals surface area contributed by atoms with Crippen LogP contribution in [0, 0.1) is 5.92 Å². The fourth-order valence-corrected chi connectivity index (χ4v) is 2.93. The van der Waals surface area contributed by atoms with Crippen LogP contribution in [0.2, 0.25) is 0 Å². The summed E-state index contributed by atoms with van der Waals surface area (Å²) in [7, 11) is 0. The van der Waals surface area contributed by atoms with E-state index in [4.69, 9.17) is 5.73 Å². The number of urea groups is 1. The first kappa shape index (κ1) is 19.9. The summed E-state index contributed by atoms with van der Waals surface area (Å²) >= 11 is 0. The summed E-state index contributed by atoms with van der Waals surface area (Å²) in [5.74, 6) is -0.362. The molecule has 26 heavy (non-hydrogen) atoms. The topological polar surface area (TPSA) is 78.7 Å². The third-order valence-corrected chi connectivity index (χ3v) is 4.36. The van der Waals surface area contributed by atoms with Gasteiger partial charge in [0.25, 0.3) is 0 Å². The van der Waals surface area contributed by atoms with Crippen LogP contribution in [0.25, 0.3) is 0 Å². The monoisotopic (exact) mass is 372 g/mol. The molecule has 1 atom stereocenters. The lowest BCUT2D eigenvalue weighted by atomic mass is 10.0. The Bertz CT molecular complexity index is 656. The van der Waals surface area contributed by atoms with E-state index in [0.717, 1.165) is 12.1 Å². The van der Waals surface area contributed by atoms with E-state index in [-0.39, 0.29) is 11.8 Å². The standard InChI is InChI=1S/C17H23F3N4O2/c1-11(2)14(22-16(21)26)15(25)24-8-6-23(7-9-24)13-5-3-4-12(10-13)17(18,19)20/h3-5,10-11,14H,6-9H2,1-2H3,(H3,21,22,26)/t14-/m0/s1. The van der Waals surface area contributed by atoms with E-state index in [1.807, 2.05) is 4.90 Å². The van der Waals surface area contributed by atoms with Gasteiger partial charge in [0.15, 0.2) is 0 Å². The number of hydrogen-bond acceptors (Lipinski definition) is 3. The number of piperazine rings is 1. The van der Waals surface area contributed by atoms with E-state index >= 15 is 0 Å². The van der Waals surface area contributed by atoms with Crippen molar-refractivity contribution in [2.24, 2.45) is 11.7 Å². The molecule has 1 fully saturated rings. The summed E-state index contributed by atoms with van der Waals surface area (Å²) in [6.07, 6.45) is -4.39. The van der Waals surface area contributed by atoms with Gasteiger partial charge in [-0.3, -0.25) is 4.79 Å². The molecule has 0 saturated carbocycles. The second-order valence-corrected chi connectivity index (χ2v) is 6.59. The zero-order chi connectivity index (χ0) is 19.5. The second-order valence-electron chi connectivity index (χ2n) is 6.59. The average Bonchev–Trinajstić information content (AvgIpc) is 2.58. The Kier molecular flexibility index (Phi) is 5.99. The van der Waals surface area contributed by atoms with Gasteiger partial charge in [0, 0.05) is 31.9 Å². The third kappa shape index (κ3) is 4.80. The number of alkyl halides is 3. The number of anilines is 1. The maximum absolute atomic E-state index is 12.9. The van der Waals surface area contributed by atoms with Crippen molar-refractivity contribution in [3.05, 3.63) is 29.8 Å². The van der Waals surface area contributed by atoms with Gasteiger partial charge >= 0.3 is 12.2 Å². The minimum atomic E-state index is -4.39. The molecule has 0 bridgehead atoms. The van der Waals surface area contributed by atoms with Crippen LogP contribution in [0.4, 0.5) is 23.7 Å². The number of nitrogens with zero attached hydrogens (tertiary/aromatic N) is 2. The summed E-state index contributed by atoms with van der Waals surface area (Å²) in [5, 5.41) is 2.45. The van der Waals surface area contributed by atoms with Crippen molar-refractivity contribution in [2.45, 2.75) is 26.1 Å². The van der Waals surface area contributed by atoms with Gasteiger partial charge in [-0.05, 0) is 24.1 Å². The summed E-state index contributed by atoms with van der Waals surface area (Å²) < 4.78 is 38.6. The number of rotatable bonds is 4. The van der Waals surface area contributed by atoms with Gasteiger partial charge in [0.05, 0.1) is 5.56 Å². The maximum atomic E-state index is 12.9. The Hall–Kier alpha value is -2.45. The zero-order valence-electron chi connectivity index (χ0n) is 14.7. The number of halogens is 3. The van der Waals surface area contributed by atoms with Crippen molar-refractivity contribution in [2.75, 3.05) is 31.1 Å².